The molecule has 2 heteroatoms. The third-order valence-electron chi connectivity index (χ3n) is 7.59. The van der Waals surface area contributed by atoms with Crippen molar-refractivity contribution in [1.29, 1.82) is 0 Å². The highest BCUT2D eigenvalue weighted by Gasteiger charge is 2.26. The summed E-state index contributed by atoms with van der Waals surface area (Å²) >= 11 is 0. The van der Waals surface area contributed by atoms with Gasteiger partial charge in [0.15, 0.2) is 0 Å². The maximum atomic E-state index is 2.65. The van der Waals surface area contributed by atoms with E-state index < -0.39 is 0 Å². The standard InChI is InChI=1S/C31H62N2/c1-5-7-9-11-13-15-17-19-21-23-25-27-32-28-29-33(30(3)4)31(32)26-24-22-20-18-16-14-12-10-8-6-2/h28-31H,5-27H2,1-4H3. The molecule has 2 nitrogen and oxygen atoms in total. The second-order valence-electron chi connectivity index (χ2n) is 11.1. The van der Waals surface area contributed by atoms with Gasteiger partial charge in [0.1, 0.15) is 6.17 Å². The number of hydrogen-bond acceptors (Lipinski definition) is 2. The van der Waals surface area contributed by atoms with Crippen LogP contribution in [0.5, 0.6) is 0 Å². The normalized spacial score (nSPS) is 16.0. The average Bonchev–Trinajstić information content (AvgIpc) is 3.21. The first-order chi connectivity index (χ1) is 16.2. The predicted molar refractivity (Wildman–Crippen MR) is 150 cm³/mol. The van der Waals surface area contributed by atoms with Gasteiger partial charge in [-0.05, 0) is 33.1 Å². The van der Waals surface area contributed by atoms with Crippen LogP contribution < -0.4 is 0 Å². The molecule has 0 fully saturated rings. The minimum Gasteiger partial charge on any atom is -0.356 e. The van der Waals surface area contributed by atoms with Crippen molar-refractivity contribution >= 4 is 0 Å². The quantitative estimate of drug-likeness (QED) is 0.132. The van der Waals surface area contributed by atoms with E-state index in [0.29, 0.717) is 12.2 Å². The molecule has 0 aromatic heterocycles. The lowest BCUT2D eigenvalue weighted by Crippen LogP contribution is -2.42. The molecule has 1 aliphatic rings. The van der Waals surface area contributed by atoms with E-state index in [9.17, 15) is 0 Å². The summed E-state index contributed by atoms with van der Waals surface area (Å²) in [4.78, 5) is 5.26. The fraction of sp³-hybridized carbons (Fsp3) is 0.935. The zero-order chi connectivity index (χ0) is 24.0. The second-order valence-corrected chi connectivity index (χ2v) is 11.1. The van der Waals surface area contributed by atoms with Gasteiger partial charge in [0.25, 0.3) is 0 Å². The Kier molecular flexibility index (Phi) is 20.1. The summed E-state index contributed by atoms with van der Waals surface area (Å²) in [5, 5.41) is 0. The van der Waals surface area contributed by atoms with Crippen LogP contribution in [0.25, 0.3) is 0 Å². The molecule has 0 radical (unpaired) electrons. The summed E-state index contributed by atoms with van der Waals surface area (Å²) in [5.41, 5.74) is 0. The Labute approximate surface area is 210 Å². The van der Waals surface area contributed by atoms with E-state index in [2.05, 4.69) is 49.9 Å². The largest absolute Gasteiger partial charge is 0.356 e. The van der Waals surface area contributed by atoms with Crippen LogP contribution in [0.1, 0.15) is 169 Å². The van der Waals surface area contributed by atoms with Crippen LogP contribution in [0.15, 0.2) is 12.4 Å². The summed E-state index contributed by atoms with van der Waals surface area (Å²) in [5.74, 6) is 0. The third-order valence-corrected chi connectivity index (χ3v) is 7.59. The van der Waals surface area contributed by atoms with Gasteiger partial charge >= 0.3 is 0 Å². The Balaban J connectivity index is 2.08. The maximum absolute atomic E-state index is 2.65. The summed E-state index contributed by atoms with van der Waals surface area (Å²) in [6, 6.07) is 0.608. The molecule has 1 heterocycles. The topological polar surface area (TPSA) is 6.48 Å². The summed E-state index contributed by atoms with van der Waals surface area (Å²) in [6.07, 6.45) is 36.7. The SMILES string of the molecule is CCCCCCCCCCCCCN1C=CN(C(C)C)C1CCCCCCCCCCCC. The minimum atomic E-state index is 0.608. The molecule has 0 aromatic carbocycles. The lowest BCUT2D eigenvalue weighted by Gasteiger charge is -2.35. The Morgan fingerprint density at radius 1 is 0.515 bits per heavy atom. The van der Waals surface area contributed by atoms with E-state index in [0.717, 1.165) is 0 Å². The van der Waals surface area contributed by atoms with Crippen molar-refractivity contribution in [2.24, 2.45) is 0 Å². The van der Waals surface area contributed by atoms with E-state index in [1.807, 2.05) is 0 Å². The Bertz CT molecular complexity index is 431. The van der Waals surface area contributed by atoms with Gasteiger partial charge in [-0.15, -0.1) is 0 Å². The first kappa shape index (κ1) is 30.4. The van der Waals surface area contributed by atoms with Gasteiger partial charge in [0.05, 0.1) is 0 Å². The molecule has 1 unspecified atom stereocenters. The van der Waals surface area contributed by atoms with Gasteiger partial charge in [-0.25, -0.2) is 0 Å². The van der Waals surface area contributed by atoms with Crippen molar-refractivity contribution in [3.8, 4) is 0 Å². The summed E-state index contributed by atoms with van der Waals surface area (Å²) in [7, 11) is 0. The molecule has 0 spiro atoms. The molecule has 0 bridgehead atoms. The van der Waals surface area contributed by atoms with Gasteiger partial charge in [-0.1, -0.05) is 136 Å². The first-order valence-corrected chi connectivity index (χ1v) is 15.4. The van der Waals surface area contributed by atoms with Crippen LogP contribution in [-0.2, 0) is 0 Å². The third kappa shape index (κ3) is 15.8. The highest BCUT2D eigenvalue weighted by molar-refractivity contribution is 4.98. The van der Waals surface area contributed by atoms with E-state index >= 15 is 0 Å². The number of nitrogens with zero attached hydrogens (tertiary/aromatic N) is 2. The van der Waals surface area contributed by atoms with Gasteiger partial charge < -0.3 is 9.80 Å². The van der Waals surface area contributed by atoms with Crippen molar-refractivity contribution < 1.29 is 0 Å². The summed E-state index contributed by atoms with van der Waals surface area (Å²) < 4.78 is 0. The molecule has 1 atom stereocenters. The maximum Gasteiger partial charge on any atom is 0.101 e. The van der Waals surface area contributed by atoms with Crippen LogP contribution in [0.4, 0.5) is 0 Å². The second kappa shape index (κ2) is 21.8. The molecule has 0 saturated carbocycles. The highest BCUT2D eigenvalue weighted by atomic mass is 15.4. The Morgan fingerprint density at radius 3 is 1.33 bits per heavy atom. The van der Waals surface area contributed by atoms with Crippen LogP contribution in [0.2, 0.25) is 0 Å². The first-order valence-electron chi connectivity index (χ1n) is 15.4. The zero-order valence-corrected chi connectivity index (χ0v) is 23.5. The molecule has 196 valence electrons. The predicted octanol–water partition coefficient (Wildman–Crippen LogP) is 10.4. The number of rotatable bonds is 24. The average molecular weight is 463 g/mol. The minimum absolute atomic E-state index is 0.608. The summed E-state index contributed by atoms with van der Waals surface area (Å²) in [6.45, 7) is 10.6. The van der Waals surface area contributed by atoms with E-state index in [-0.39, 0.29) is 0 Å². The molecule has 0 N–H and O–H groups in total. The molecule has 0 aromatic rings. The zero-order valence-electron chi connectivity index (χ0n) is 23.5. The number of unbranched alkanes of at least 4 members (excludes halogenated alkanes) is 19. The van der Waals surface area contributed by atoms with Gasteiger partial charge in [0, 0.05) is 25.0 Å². The highest BCUT2D eigenvalue weighted by Crippen LogP contribution is 2.25. The molecule has 1 rings (SSSR count). The molecular formula is C31H62N2. The fourth-order valence-corrected chi connectivity index (χ4v) is 5.36. The Hall–Kier alpha value is -0.660. The van der Waals surface area contributed by atoms with E-state index in [1.165, 1.54) is 148 Å². The van der Waals surface area contributed by atoms with Gasteiger partial charge in [-0.2, -0.15) is 0 Å². The molecule has 0 saturated heterocycles. The van der Waals surface area contributed by atoms with Crippen LogP contribution >= 0.6 is 0 Å². The van der Waals surface area contributed by atoms with Crippen molar-refractivity contribution in [1.82, 2.24) is 9.80 Å². The van der Waals surface area contributed by atoms with Crippen molar-refractivity contribution in [2.75, 3.05) is 6.54 Å². The van der Waals surface area contributed by atoms with Crippen LogP contribution in [-0.4, -0.2) is 28.6 Å². The van der Waals surface area contributed by atoms with E-state index in [1.54, 1.807) is 0 Å². The van der Waals surface area contributed by atoms with E-state index in [4.69, 9.17) is 0 Å². The number of hydrogen-bond donors (Lipinski definition) is 0. The lowest BCUT2D eigenvalue weighted by atomic mass is 10.0. The monoisotopic (exact) mass is 462 g/mol. The van der Waals surface area contributed by atoms with Crippen molar-refractivity contribution in [3.63, 3.8) is 0 Å². The van der Waals surface area contributed by atoms with Crippen LogP contribution in [0.3, 0.4) is 0 Å². The fourth-order valence-electron chi connectivity index (χ4n) is 5.36. The molecule has 1 aliphatic heterocycles. The van der Waals surface area contributed by atoms with Crippen LogP contribution in [0, 0.1) is 0 Å². The molecule has 0 aliphatic carbocycles. The molecular weight excluding hydrogens is 400 g/mol. The van der Waals surface area contributed by atoms with Gasteiger partial charge in [-0.3, -0.25) is 0 Å². The lowest BCUT2D eigenvalue weighted by molar-refractivity contribution is 0.114. The molecule has 33 heavy (non-hydrogen) atoms. The molecule has 0 amide bonds. The van der Waals surface area contributed by atoms with Crippen molar-refractivity contribution in [3.05, 3.63) is 12.4 Å². The Morgan fingerprint density at radius 2 is 0.909 bits per heavy atom. The van der Waals surface area contributed by atoms with Crippen molar-refractivity contribution in [2.45, 2.75) is 181 Å². The smallest absolute Gasteiger partial charge is 0.101 e. The van der Waals surface area contributed by atoms with Gasteiger partial charge in [0.2, 0.25) is 0 Å².